The first-order chi connectivity index (χ1) is 18.1. The molecule has 0 unspecified atom stereocenters. The molecule has 0 N–H and O–H groups in total. The van der Waals surface area contributed by atoms with E-state index in [9.17, 15) is 9.59 Å². The molecule has 0 aliphatic carbocycles. The van der Waals surface area contributed by atoms with E-state index in [4.69, 9.17) is 30.5 Å². The highest BCUT2D eigenvalue weighted by Gasteiger charge is 2.27. The lowest BCUT2D eigenvalue weighted by Crippen LogP contribution is -2.13. The van der Waals surface area contributed by atoms with E-state index < -0.39 is 11.9 Å². The Morgan fingerprint density at radius 1 is 1.00 bits per heavy atom. The lowest BCUT2D eigenvalue weighted by atomic mass is 9.87. The third kappa shape index (κ3) is 6.06. The Labute approximate surface area is 226 Å². The number of aliphatic imine (C=N–C) groups is 1. The maximum absolute atomic E-state index is 12.8. The molecular weight excluding hydrogens is 506 g/mol. The van der Waals surface area contributed by atoms with Gasteiger partial charge in [-0.15, -0.1) is 0 Å². The molecule has 0 saturated carbocycles. The van der Waals surface area contributed by atoms with Crippen LogP contribution >= 0.6 is 11.6 Å². The Kier molecular flexibility index (Phi) is 7.88. The highest BCUT2D eigenvalue weighted by molar-refractivity contribution is 6.31. The van der Waals surface area contributed by atoms with Gasteiger partial charge < -0.3 is 18.9 Å². The minimum absolute atomic E-state index is 0.0221. The van der Waals surface area contributed by atoms with Gasteiger partial charge in [0, 0.05) is 5.02 Å². The van der Waals surface area contributed by atoms with Crippen LogP contribution in [-0.2, 0) is 14.9 Å². The van der Waals surface area contributed by atoms with E-state index in [1.807, 2.05) is 19.1 Å². The van der Waals surface area contributed by atoms with Crippen molar-refractivity contribution in [1.29, 1.82) is 0 Å². The van der Waals surface area contributed by atoms with Gasteiger partial charge in [0.2, 0.25) is 5.90 Å². The van der Waals surface area contributed by atoms with Crippen LogP contribution in [0.15, 0.2) is 71.4 Å². The van der Waals surface area contributed by atoms with Crippen LogP contribution in [0.4, 0.5) is 0 Å². The fraction of sp³-hybridized carbons (Fsp3) is 0.233. The molecular formula is C30H28ClNO6. The lowest BCUT2D eigenvalue weighted by molar-refractivity contribution is -0.129. The Morgan fingerprint density at radius 3 is 2.37 bits per heavy atom. The maximum Gasteiger partial charge on any atom is 0.363 e. The molecule has 0 bridgehead atoms. The molecule has 0 aromatic heterocycles. The molecule has 3 aromatic rings. The van der Waals surface area contributed by atoms with Gasteiger partial charge in [0.1, 0.15) is 5.75 Å². The summed E-state index contributed by atoms with van der Waals surface area (Å²) in [6.07, 6.45) is 1.56. The molecule has 0 saturated heterocycles. The first-order valence-corrected chi connectivity index (χ1v) is 12.4. The number of benzene rings is 3. The fourth-order valence-electron chi connectivity index (χ4n) is 3.76. The molecule has 0 spiro atoms. The topological polar surface area (TPSA) is 83.4 Å². The standard InChI is InChI=1S/C30H28ClNO6/c1-6-36-26-16-18(7-13-25(26)37-28(33)19-8-10-20(11-9-19)30(2,3)4)15-23-29(34)38-27(32-23)22-17-21(31)12-14-24(22)35-5/h7-17H,6H2,1-5H3/b23-15-. The van der Waals surface area contributed by atoms with Crippen molar-refractivity contribution >= 4 is 35.5 Å². The predicted molar refractivity (Wildman–Crippen MR) is 146 cm³/mol. The van der Waals surface area contributed by atoms with E-state index >= 15 is 0 Å². The van der Waals surface area contributed by atoms with Gasteiger partial charge in [0.25, 0.3) is 0 Å². The van der Waals surface area contributed by atoms with E-state index in [1.165, 1.54) is 7.11 Å². The highest BCUT2D eigenvalue weighted by Crippen LogP contribution is 2.32. The van der Waals surface area contributed by atoms with Gasteiger partial charge in [-0.05, 0) is 72.0 Å². The summed E-state index contributed by atoms with van der Waals surface area (Å²) in [5, 5.41) is 0.452. The monoisotopic (exact) mass is 533 g/mol. The van der Waals surface area contributed by atoms with Gasteiger partial charge in [0.15, 0.2) is 17.2 Å². The number of carbonyl (C=O) groups is 2. The average Bonchev–Trinajstić information content (AvgIpc) is 3.25. The van der Waals surface area contributed by atoms with Crippen LogP contribution in [0.5, 0.6) is 17.2 Å². The largest absolute Gasteiger partial charge is 0.496 e. The van der Waals surface area contributed by atoms with E-state index in [2.05, 4.69) is 25.8 Å². The summed E-state index contributed by atoms with van der Waals surface area (Å²) in [4.78, 5) is 29.7. The zero-order valence-electron chi connectivity index (χ0n) is 21.8. The molecule has 0 atom stereocenters. The van der Waals surface area contributed by atoms with Crippen LogP contribution in [0.2, 0.25) is 5.02 Å². The van der Waals surface area contributed by atoms with Crippen molar-refractivity contribution in [2.45, 2.75) is 33.1 Å². The number of hydrogen-bond donors (Lipinski definition) is 0. The fourth-order valence-corrected chi connectivity index (χ4v) is 3.93. The van der Waals surface area contributed by atoms with Crippen LogP contribution < -0.4 is 14.2 Å². The zero-order chi connectivity index (χ0) is 27.4. The van der Waals surface area contributed by atoms with Gasteiger partial charge in [-0.25, -0.2) is 14.6 Å². The van der Waals surface area contributed by atoms with Gasteiger partial charge in [0.05, 0.1) is 24.8 Å². The average molecular weight is 534 g/mol. The SMILES string of the molecule is CCOc1cc(/C=C2\N=C(c3cc(Cl)ccc3OC)OC2=O)ccc1OC(=O)c1ccc(C(C)(C)C)cc1. The number of hydrogen-bond acceptors (Lipinski definition) is 7. The molecule has 8 heteroatoms. The number of carbonyl (C=O) groups excluding carboxylic acids is 2. The Morgan fingerprint density at radius 2 is 1.71 bits per heavy atom. The van der Waals surface area contributed by atoms with Crippen LogP contribution in [0.25, 0.3) is 6.08 Å². The summed E-state index contributed by atoms with van der Waals surface area (Å²) >= 11 is 6.10. The summed E-state index contributed by atoms with van der Waals surface area (Å²) in [5.41, 5.74) is 2.69. The number of ether oxygens (including phenoxy) is 4. The molecule has 1 heterocycles. The number of esters is 2. The first-order valence-electron chi connectivity index (χ1n) is 12.0. The molecule has 4 rings (SSSR count). The smallest absolute Gasteiger partial charge is 0.363 e. The third-order valence-corrected chi connectivity index (χ3v) is 6.01. The molecule has 1 aliphatic rings. The van der Waals surface area contributed by atoms with Crippen LogP contribution in [0.1, 0.15) is 54.7 Å². The van der Waals surface area contributed by atoms with Gasteiger partial charge in [-0.3, -0.25) is 0 Å². The maximum atomic E-state index is 12.8. The summed E-state index contributed by atoms with van der Waals surface area (Å²) in [6.45, 7) is 8.50. The molecule has 0 fully saturated rings. The Hall–Kier alpha value is -4.10. The minimum atomic E-state index is -0.616. The summed E-state index contributed by atoms with van der Waals surface area (Å²) in [5.74, 6) is 0.0684. The number of methoxy groups -OCH3 is 1. The van der Waals surface area contributed by atoms with Crippen molar-refractivity contribution in [3.05, 3.63) is 93.6 Å². The van der Waals surface area contributed by atoms with Crippen LogP contribution in [0.3, 0.4) is 0 Å². The Bertz CT molecular complexity index is 1430. The van der Waals surface area contributed by atoms with E-state index in [0.717, 1.165) is 5.56 Å². The highest BCUT2D eigenvalue weighted by atomic mass is 35.5. The normalized spacial score (nSPS) is 14.2. The van der Waals surface area contributed by atoms with Crippen molar-refractivity contribution in [3.8, 4) is 17.2 Å². The van der Waals surface area contributed by atoms with Crippen molar-refractivity contribution in [2.24, 2.45) is 4.99 Å². The molecule has 1 aliphatic heterocycles. The quantitative estimate of drug-likeness (QED) is 0.193. The van der Waals surface area contributed by atoms with Gasteiger partial charge in [-0.1, -0.05) is 50.6 Å². The number of halogens is 1. The molecule has 38 heavy (non-hydrogen) atoms. The van der Waals surface area contributed by atoms with E-state index in [-0.39, 0.29) is 22.8 Å². The first kappa shape index (κ1) is 26.9. The summed E-state index contributed by atoms with van der Waals surface area (Å²) < 4.78 is 22.0. The van der Waals surface area contributed by atoms with Crippen LogP contribution in [-0.4, -0.2) is 31.6 Å². The number of nitrogens with zero attached hydrogens (tertiary/aromatic N) is 1. The molecule has 7 nitrogen and oxygen atoms in total. The predicted octanol–water partition coefficient (Wildman–Crippen LogP) is 6.61. The van der Waals surface area contributed by atoms with Crippen molar-refractivity contribution in [1.82, 2.24) is 0 Å². The number of cyclic esters (lactones) is 1. The Balaban J connectivity index is 1.58. The van der Waals surface area contributed by atoms with Gasteiger partial charge in [-0.2, -0.15) is 0 Å². The molecule has 196 valence electrons. The third-order valence-electron chi connectivity index (χ3n) is 5.77. The lowest BCUT2D eigenvalue weighted by Gasteiger charge is -2.19. The molecule has 3 aromatic carbocycles. The zero-order valence-corrected chi connectivity index (χ0v) is 22.6. The van der Waals surface area contributed by atoms with Crippen molar-refractivity contribution in [3.63, 3.8) is 0 Å². The second kappa shape index (κ2) is 11.1. The van der Waals surface area contributed by atoms with E-state index in [0.29, 0.717) is 39.8 Å². The second-order valence-corrected chi connectivity index (χ2v) is 9.97. The van der Waals surface area contributed by atoms with Crippen LogP contribution in [0, 0.1) is 0 Å². The van der Waals surface area contributed by atoms with E-state index in [1.54, 1.807) is 54.6 Å². The minimum Gasteiger partial charge on any atom is -0.496 e. The summed E-state index contributed by atoms with van der Waals surface area (Å²) in [6, 6.07) is 17.3. The second-order valence-electron chi connectivity index (χ2n) is 9.54. The number of rotatable bonds is 7. The summed E-state index contributed by atoms with van der Waals surface area (Å²) in [7, 11) is 1.51. The molecule has 0 radical (unpaired) electrons. The van der Waals surface area contributed by atoms with Crippen molar-refractivity contribution < 1.29 is 28.5 Å². The molecule has 0 amide bonds. The van der Waals surface area contributed by atoms with Gasteiger partial charge >= 0.3 is 11.9 Å². The van der Waals surface area contributed by atoms with Crippen molar-refractivity contribution in [2.75, 3.05) is 13.7 Å².